The van der Waals surface area contributed by atoms with Crippen LogP contribution in [0.4, 0.5) is 0 Å². The van der Waals surface area contributed by atoms with Gasteiger partial charge in [-0.15, -0.1) is 0 Å². The van der Waals surface area contributed by atoms with Gasteiger partial charge in [-0.3, -0.25) is 0 Å². The molecule has 1 fully saturated rings. The Kier molecular flexibility index (Phi) is 2.35. The van der Waals surface area contributed by atoms with Crippen LogP contribution in [0.2, 0.25) is 0 Å². The molecule has 0 radical (unpaired) electrons. The largest absolute Gasteiger partial charge is 0.508 e. The van der Waals surface area contributed by atoms with Gasteiger partial charge in [0.2, 0.25) is 0 Å². The van der Waals surface area contributed by atoms with Gasteiger partial charge in [-0.1, -0.05) is 0 Å². The molecule has 0 saturated carbocycles. The summed E-state index contributed by atoms with van der Waals surface area (Å²) in [6.07, 6.45) is 0.936. The molecule has 3 nitrogen and oxygen atoms in total. The van der Waals surface area contributed by atoms with Crippen LogP contribution in [0.15, 0.2) is 18.2 Å². The van der Waals surface area contributed by atoms with Crippen LogP contribution in [-0.2, 0) is 11.2 Å². The topological polar surface area (TPSA) is 42.0 Å². The van der Waals surface area contributed by atoms with E-state index in [1.54, 1.807) is 19.2 Å². The second kappa shape index (κ2) is 3.42. The first-order valence-electron chi connectivity index (χ1n) is 5.06. The van der Waals surface area contributed by atoms with E-state index in [1.165, 1.54) is 0 Å². The Morgan fingerprint density at radius 1 is 1.47 bits per heavy atom. The van der Waals surface area contributed by atoms with Crippen molar-refractivity contribution in [3.8, 4) is 11.5 Å². The maximum absolute atomic E-state index is 9.67. The molecular formula is C12H16O3. The van der Waals surface area contributed by atoms with Gasteiger partial charge >= 0.3 is 0 Å². The first-order chi connectivity index (χ1) is 7.03. The monoisotopic (exact) mass is 208 g/mol. The Labute approximate surface area is 89.6 Å². The maximum atomic E-state index is 9.67. The van der Waals surface area contributed by atoms with Crippen molar-refractivity contribution in [3.63, 3.8) is 0 Å². The van der Waals surface area contributed by atoms with Gasteiger partial charge in [0.05, 0.1) is 18.8 Å². The molecule has 1 atom stereocenters. The number of hydrogen-bond donors (Lipinski definition) is 1. The van der Waals surface area contributed by atoms with Crippen molar-refractivity contribution < 1.29 is 14.6 Å². The Morgan fingerprint density at radius 2 is 2.13 bits per heavy atom. The highest BCUT2D eigenvalue weighted by Crippen LogP contribution is 2.39. The fourth-order valence-electron chi connectivity index (χ4n) is 1.67. The summed E-state index contributed by atoms with van der Waals surface area (Å²) in [4.78, 5) is 0. The van der Waals surface area contributed by atoms with E-state index in [1.807, 2.05) is 6.07 Å². The molecule has 0 aromatic heterocycles. The highest BCUT2D eigenvalue weighted by molar-refractivity contribution is 5.40. The number of benzene rings is 1. The third-order valence-electron chi connectivity index (χ3n) is 2.86. The number of phenols is 1. The summed E-state index contributed by atoms with van der Waals surface area (Å²) < 4.78 is 10.6. The normalized spacial score (nSPS) is 22.5. The predicted molar refractivity (Wildman–Crippen MR) is 57.3 cm³/mol. The van der Waals surface area contributed by atoms with E-state index >= 15 is 0 Å². The molecule has 15 heavy (non-hydrogen) atoms. The molecule has 0 amide bonds. The average Bonchev–Trinajstić information content (AvgIpc) is 2.78. The van der Waals surface area contributed by atoms with Crippen LogP contribution >= 0.6 is 0 Å². The number of phenolic OH excluding ortho intramolecular Hbond substituents is 1. The van der Waals surface area contributed by atoms with E-state index in [9.17, 15) is 5.11 Å². The predicted octanol–water partition coefficient (Wildman–Crippen LogP) is 2.12. The summed E-state index contributed by atoms with van der Waals surface area (Å²) in [6.45, 7) is 4.10. The van der Waals surface area contributed by atoms with Gasteiger partial charge in [0.25, 0.3) is 0 Å². The maximum Gasteiger partial charge on any atom is 0.119 e. The van der Waals surface area contributed by atoms with Gasteiger partial charge in [-0.05, 0) is 32.0 Å². The van der Waals surface area contributed by atoms with E-state index in [0.29, 0.717) is 5.75 Å². The summed E-state index contributed by atoms with van der Waals surface area (Å²) in [5, 5.41) is 9.67. The second-order valence-corrected chi connectivity index (χ2v) is 4.41. The van der Waals surface area contributed by atoms with Crippen LogP contribution in [0.1, 0.15) is 19.4 Å². The zero-order valence-corrected chi connectivity index (χ0v) is 9.28. The first kappa shape index (κ1) is 10.3. The summed E-state index contributed by atoms with van der Waals surface area (Å²) >= 11 is 0. The van der Waals surface area contributed by atoms with Crippen LogP contribution in [0.25, 0.3) is 0 Å². The van der Waals surface area contributed by atoms with E-state index in [-0.39, 0.29) is 11.7 Å². The van der Waals surface area contributed by atoms with Crippen LogP contribution in [0, 0.1) is 0 Å². The van der Waals surface area contributed by atoms with Gasteiger partial charge in [-0.2, -0.15) is 0 Å². The lowest BCUT2D eigenvalue weighted by Gasteiger charge is -2.06. The smallest absolute Gasteiger partial charge is 0.119 e. The van der Waals surface area contributed by atoms with Gasteiger partial charge < -0.3 is 14.6 Å². The molecule has 1 unspecified atom stereocenters. The van der Waals surface area contributed by atoms with Gasteiger partial charge in [0.1, 0.15) is 11.5 Å². The molecule has 1 heterocycles. The molecule has 82 valence electrons. The quantitative estimate of drug-likeness (QED) is 0.774. The standard InChI is InChI=1S/C12H16O3/c1-12(2)11(15-12)7-8-6-9(14-3)4-5-10(8)13/h4-6,11,13H,7H2,1-3H3. The van der Waals surface area contributed by atoms with Crippen molar-refractivity contribution in [2.45, 2.75) is 32.0 Å². The second-order valence-electron chi connectivity index (χ2n) is 4.41. The zero-order valence-electron chi connectivity index (χ0n) is 9.28. The molecule has 0 bridgehead atoms. The third-order valence-corrected chi connectivity index (χ3v) is 2.86. The molecule has 1 aromatic rings. The van der Waals surface area contributed by atoms with Crippen LogP contribution in [0.5, 0.6) is 11.5 Å². The highest BCUT2D eigenvalue weighted by Gasteiger charge is 2.47. The summed E-state index contributed by atoms with van der Waals surface area (Å²) in [6, 6.07) is 5.26. The summed E-state index contributed by atoms with van der Waals surface area (Å²) in [7, 11) is 1.62. The minimum atomic E-state index is -0.0461. The molecular weight excluding hydrogens is 192 g/mol. The minimum Gasteiger partial charge on any atom is -0.508 e. The summed E-state index contributed by atoms with van der Waals surface area (Å²) in [5.41, 5.74) is 0.833. The third kappa shape index (κ3) is 2.07. The Bertz CT molecular complexity index is 371. The van der Waals surface area contributed by atoms with Crippen molar-refractivity contribution >= 4 is 0 Å². The lowest BCUT2D eigenvalue weighted by molar-refractivity contribution is 0.322. The van der Waals surface area contributed by atoms with Crippen molar-refractivity contribution in [1.82, 2.24) is 0 Å². The van der Waals surface area contributed by atoms with Crippen LogP contribution in [-0.4, -0.2) is 23.9 Å². The van der Waals surface area contributed by atoms with Gasteiger partial charge in [-0.25, -0.2) is 0 Å². The number of rotatable bonds is 3. The first-order valence-corrected chi connectivity index (χ1v) is 5.06. The van der Waals surface area contributed by atoms with Crippen molar-refractivity contribution in [1.29, 1.82) is 0 Å². The summed E-state index contributed by atoms with van der Waals surface area (Å²) in [5.74, 6) is 1.07. The highest BCUT2D eigenvalue weighted by atomic mass is 16.6. The van der Waals surface area contributed by atoms with Gasteiger partial charge in [0, 0.05) is 12.0 Å². The number of methoxy groups -OCH3 is 1. The zero-order chi connectivity index (χ0) is 11.1. The number of ether oxygens (including phenoxy) is 2. The van der Waals surface area contributed by atoms with E-state index < -0.39 is 0 Å². The van der Waals surface area contributed by atoms with E-state index in [2.05, 4.69) is 13.8 Å². The number of aromatic hydroxyl groups is 1. The van der Waals surface area contributed by atoms with Crippen molar-refractivity contribution in [2.75, 3.05) is 7.11 Å². The number of epoxide rings is 1. The Balaban J connectivity index is 2.14. The molecule has 0 spiro atoms. The van der Waals surface area contributed by atoms with E-state index in [0.717, 1.165) is 17.7 Å². The molecule has 3 heteroatoms. The lowest BCUT2D eigenvalue weighted by atomic mass is 10.0. The molecule has 0 aliphatic carbocycles. The van der Waals surface area contributed by atoms with Crippen LogP contribution < -0.4 is 4.74 Å². The molecule has 1 aliphatic rings. The SMILES string of the molecule is COc1ccc(O)c(CC2OC2(C)C)c1. The van der Waals surface area contributed by atoms with Crippen molar-refractivity contribution in [3.05, 3.63) is 23.8 Å². The van der Waals surface area contributed by atoms with E-state index in [4.69, 9.17) is 9.47 Å². The fraction of sp³-hybridized carbons (Fsp3) is 0.500. The average molecular weight is 208 g/mol. The molecule has 2 rings (SSSR count). The fourth-order valence-corrected chi connectivity index (χ4v) is 1.67. The lowest BCUT2D eigenvalue weighted by Crippen LogP contribution is -2.06. The molecule has 1 aliphatic heterocycles. The van der Waals surface area contributed by atoms with Crippen molar-refractivity contribution in [2.24, 2.45) is 0 Å². The minimum absolute atomic E-state index is 0.0461. The van der Waals surface area contributed by atoms with Gasteiger partial charge in [0.15, 0.2) is 0 Å². The molecule has 1 N–H and O–H groups in total. The van der Waals surface area contributed by atoms with Crippen LogP contribution in [0.3, 0.4) is 0 Å². The molecule has 1 saturated heterocycles. The Morgan fingerprint density at radius 3 is 2.67 bits per heavy atom. The number of hydrogen-bond acceptors (Lipinski definition) is 3. The molecule has 1 aromatic carbocycles. The Hall–Kier alpha value is -1.22.